The minimum atomic E-state index is -4.43. The van der Waals surface area contributed by atoms with Crippen LogP contribution in [0.4, 0.5) is 13.2 Å². The number of pyridine rings is 1. The van der Waals surface area contributed by atoms with E-state index < -0.39 is 18.3 Å². The molecule has 5 rings (SSSR count). The first-order chi connectivity index (χ1) is 17.2. The molecule has 1 amide bonds. The number of amides is 1. The minimum absolute atomic E-state index is 0.103. The Labute approximate surface area is 206 Å². The Hall–Kier alpha value is -4.05. The summed E-state index contributed by atoms with van der Waals surface area (Å²) < 4.78 is 48.0. The van der Waals surface area contributed by atoms with E-state index in [0.717, 1.165) is 26.4 Å². The molecule has 13 heteroatoms. The van der Waals surface area contributed by atoms with Gasteiger partial charge in [0.1, 0.15) is 17.0 Å². The van der Waals surface area contributed by atoms with Gasteiger partial charge in [0.05, 0.1) is 22.7 Å². The van der Waals surface area contributed by atoms with Gasteiger partial charge in [-0.05, 0) is 36.6 Å². The first-order valence-corrected chi connectivity index (χ1v) is 11.6. The summed E-state index contributed by atoms with van der Waals surface area (Å²) in [7, 11) is 0. The highest BCUT2D eigenvalue weighted by Gasteiger charge is 2.44. The van der Waals surface area contributed by atoms with Crippen LogP contribution in [0.1, 0.15) is 29.6 Å². The number of nitriles is 1. The lowest BCUT2D eigenvalue weighted by Gasteiger charge is -2.08. The van der Waals surface area contributed by atoms with Crippen molar-refractivity contribution in [3.05, 3.63) is 53.3 Å². The average Bonchev–Trinajstić information content (AvgIpc) is 3.28. The van der Waals surface area contributed by atoms with Crippen LogP contribution in [-0.2, 0) is 17.6 Å². The largest absolute Gasteiger partial charge is 0.468 e. The molecule has 0 unspecified atom stereocenters. The van der Waals surface area contributed by atoms with E-state index in [9.17, 15) is 18.0 Å². The molecule has 0 bridgehead atoms. The molecular formula is C23H17F3N6O3S. The Kier molecular flexibility index (Phi) is 6.05. The number of nitrogens with zero attached hydrogens (tertiary/aromatic N) is 5. The fraction of sp³-hybridized carbons (Fsp3) is 0.304. The van der Waals surface area contributed by atoms with E-state index in [0.29, 0.717) is 18.7 Å². The van der Waals surface area contributed by atoms with Gasteiger partial charge in [-0.25, -0.2) is 9.97 Å². The molecule has 1 aliphatic rings. The zero-order valence-electron chi connectivity index (χ0n) is 18.5. The second-order valence-corrected chi connectivity index (χ2v) is 9.38. The van der Waals surface area contributed by atoms with E-state index in [1.807, 2.05) is 18.2 Å². The lowest BCUT2D eigenvalue weighted by molar-refractivity contribution is -0.154. The normalized spacial score (nSPS) is 14.4. The highest BCUT2D eigenvalue weighted by molar-refractivity contribution is 7.18. The molecule has 1 N–H and O–H groups in total. The molecule has 3 heterocycles. The predicted molar refractivity (Wildman–Crippen MR) is 121 cm³/mol. The Morgan fingerprint density at radius 1 is 1.19 bits per heavy atom. The van der Waals surface area contributed by atoms with Crippen molar-refractivity contribution >= 4 is 27.5 Å². The molecular weight excluding hydrogens is 497 g/mol. The van der Waals surface area contributed by atoms with Gasteiger partial charge in [0.15, 0.2) is 6.61 Å². The molecule has 36 heavy (non-hydrogen) atoms. The molecule has 0 atom stereocenters. The number of hydrogen-bond donors (Lipinski definition) is 1. The maximum absolute atomic E-state index is 12.3. The molecule has 0 saturated heterocycles. The maximum Gasteiger partial charge on any atom is 0.422 e. The topological polar surface area (TPSA) is 127 Å². The standard InChI is InChI=1S/C23H17F3N6O3S/c24-23(25,26)12-34-18-4-2-14(10-28-18)13-1-3-15-16(7-13)36-21(29-15)9-20-32-31-19(35-20)8-17(33)30-22(11-27)5-6-22/h1-4,7,10H,5-6,8-9,12H2,(H,30,33). The fourth-order valence-electron chi connectivity index (χ4n) is 3.42. The van der Waals surface area contributed by atoms with Crippen molar-refractivity contribution in [3.63, 3.8) is 0 Å². The molecule has 1 aliphatic carbocycles. The van der Waals surface area contributed by atoms with E-state index in [4.69, 9.17) is 9.68 Å². The maximum atomic E-state index is 12.3. The molecule has 3 aromatic heterocycles. The van der Waals surface area contributed by atoms with Gasteiger partial charge in [-0.1, -0.05) is 6.07 Å². The van der Waals surface area contributed by atoms with Gasteiger partial charge in [0.2, 0.25) is 23.6 Å². The second-order valence-electron chi connectivity index (χ2n) is 8.26. The number of thiazole rings is 1. The SMILES string of the molecule is N#CC1(NC(=O)Cc2nnc(Cc3nc4ccc(-c5ccc(OCC(F)(F)F)nc5)cc4s3)o2)CC1. The number of nitrogens with one attached hydrogen (secondary N) is 1. The molecule has 0 aliphatic heterocycles. The second kappa shape index (κ2) is 9.19. The van der Waals surface area contributed by atoms with Crippen LogP contribution in [0.25, 0.3) is 21.3 Å². The number of rotatable bonds is 8. The van der Waals surface area contributed by atoms with Gasteiger partial charge in [-0.2, -0.15) is 18.4 Å². The van der Waals surface area contributed by atoms with E-state index in [1.54, 1.807) is 6.07 Å². The van der Waals surface area contributed by atoms with Crippen molar-refractivity contribution < 1.29 is 27.1 Å². The molecule has 0 radical (unpaired) electrons. The molecule has 184 valence electrons. The third-order valence-electron chi connectivity index (χ3n) is 5.35. The smallest absolute Gasteiger partial charge is 0.422 e. The monoisotopic (exact) mass is 514 g/mol. The first kappa shape index (κ1) is 23.7. The number of hydrogen-bond acceptors (Lipinski definition) is 9. The average molecular weight is 514 g/mol. The molecule has 9 nitrogen and oxygen atoms in total. The van der Waals surface area contributed by atoms with Crippen molar-refractivity contribution in [1.29, 1.82) is 5.26 Å². The summed E-state index contributed by atoms with van der Waals surface area (Å²) in [6, 6.07) is 10.7. The van der Waals surface area contributed by atoms with Crippen LogP contribution in [0.5, 0.6) is 5.88 Å². The number of halogens is 3. The lowest BCUT2D eigenvalue weighted by Crippen LogP contribution is -2.36. The highest BCUT2D eigenvalue weighted by atomic mass is 32.1. The summed E-state index contributed by atoms with van der Waals surface area (Å²) in [5.41, 5.74) is 1.56. The van der Waals surface area contributed by atoms with Crippen LogP contribution in [0, 0.1) is 11.3 Å². The molecule has 1 aromatic carbocycles. The number of fused-ring (bicyclic) bond motifs is 1. The van der Waals surface area contributed by atoms with Gasteiger partial charge in [0, 0.05) is 17.8 Å². The quantitative estimate of drug-likeness (QED) is 0.374. The van der Waals surface area contributed by atoms with E-state index in [2.05, 4.69) is 36.3 Å². The van der Waals surface area contributed by atoms with Gasteiger partial charge in [0.25, 0.3) is 0 Å². The Bertz CT molecular complexity index is 1450. The number of carbonyl (C=O) groups excluding carboxylic acids is 1. The summed E-state index contributed by atoms with van der Waals surface area (Å²) in [5.74, 6) is 0.0314. The summed E-state index contributed by atoms with van der Waals surface area (Å²) >= 11 is 1.43. The summed E-state index contributed by atoms with van der Waals surface area (Å²) in [5, 5.41) is 20.4. The fourth-order valence-corrected chi connectivity index (χ4v) is 4.42. The first-order valence-electron chi connectivity index (χ1n) is 10.8. The number of alkyl halides is 3. The minimum Gasteiger partial charge on any atom is -0.468 e. The molecule has 4 aromatic rings. The van der Waals surface area contributed by atoms with Gasteiger partial charge < -0.3 is 14.5 Å². The summed E-state index contributed by atoms with van der Waals surface area (Å²) in [6.07, 6.45) is -1.51. The number of carbonyl (C=O) groups is 1. The van der Waals surface area contributed by atoms with Gasteiger partial charge in [-0.15, -0.1) is 21.5 Å². The van der Waals surface area contributed by atoms with Crippen molar-refractivity contribution in [1.82, 2.24) is 25.5 Å². The van der Waals surface area contributed by atoms with E-state index in [-0.39, 0.29) is 30.5 Å². The zero-order chi connectivity index (χ0) is 25.3. The molecule has 0 spiro atoms. The Morgan fingerprint density at radius 2 is 1.97 bits per heavy atom. The zero-order valence-corrected chi connectivity index (χ0v) is 19.3. The van der Waals surface area contributed by atoms with Crippen molar-refractivity contribution in [2.45, 2.75) is 37.4 Å². The van der Waals surface area contributed by atoms with Crippen molar-refractivity contribution in [2.24, 2.45) is 0 Å². The third kappa shape index (κ3) is 5.60. The van der Waals surface area contributed by atoms with E-state index in [1.165, 1.54) is 23.6 Å². The molecule has 1 saturated carbocycles. The number of benzene rings is 1. The summed E-state index contributed by atoms with van der Waals surface area (Å²) in [4.78, 5) is 20.6. The van der Waals surface area contributed by atoms with Gasteiger partial charge >= 0.3 is 6.18 Å². The van der Waals surface area contributed by atoms with Crippen LogP contribution >= 0.6 is 11.3 Å². The van der Waals surface area contributed by atoms with Crippen molar-refractivity contribution in [2.75, 3.05) is 6.61 Å². The Morgan fingerprint density at radius 3 is 2.67 bits per heavy atom. The van der Waals surface area contributed by atoms with Gasteiger partial charge in [-0.3, -0.25) is 4.79 Å². The van der Waals surface area contributed by atoms with E-state index >= 15 is 0 Å². The highest BCUT2D eigenvalue weighted by Crippen LogP contribution is 2.34. The van der Waals surface area contributed by atoms with Crippen LogP contribution in [0.2, 0.25) is 0 Å². The predicted octanol–water partition coefficient (Wildman–Crippen LogP) is 3.99. The lowest BCUT2D eigenvalue weighted by atomic mass is 10.1. The van der Waals surface area contributed by atoms with Crippen LogP contribution in [0.15, 0.2) is 40.9 Å². The van der Waals surface area contributed by atoms with Crippen LogP contribution < -0.4 is 10.1 Å². The number of ether oxygens (including phenoxy) is 1. The molecule has 1 fully saturated rings. The van der Waals surface area contributed by atoms with Crippen LogP contribution in [0.3, 0.4) is 0 Å². The third-order valence-corrected chi connectivity index (χ3v) is 6.37. The summed E-state index contributed by atoms with van der Waals surface area (Å²) in [6.45, 7) is -1.40. The van der Waals surface area contributed by atoms with Crippen LogP contribution in [-0.4, -0.2) is 44.4 Å². The number of aromatic nitrogens is 4. The van der Waals surface area contributed by atoms with Crippen molar-refractivity contribution in [3.8, 4) is 23.1 Å². The Balaban J connectivity index is 1.23.